The lowest BCUT2D eigenvalue weighted by molar-refractivity contribution is 0.0283. The number of hydrogen-bond acceptors (Lipinski definition) is 3. The topological polar surface area (TPSA) is 69.6 Å². The van der Waals surface area contributed by atoms with E-state index < -0.39 is 11.7 Å². The van der Waals surface area contributed by atoms with E-state index in [1.165, 1.54) is 17.1 Å². The molecule has 2 aromatic rings. The average molecular weight is 435 g/mol. The Balaban J connectivity index is 2.52. The molecule has 0 aliphatic rings. The van der Waals surface area contributed by atoms with Crippen LogP contribution in [0.4, 0.5) is 4.39 Å². The molecule has 0 aliphatic carbocycles. The fourth-order valence-electron chi connectivity index (χ4n) is 4.00. The first kappa shape index (κ1) is 25.7. The van der Waals surface area contributed by atoms with Crippen LogP contribution in [0.3, 0.4) is 0 Å². The second kappa shape index (κ2) is 10.3. The van der Waals surface area contributed by atoms with Crippen molar-refractivity contribution >= 4 is 32.6 Å². The predicted molar refractivity (Wildman–Crippen MR) is 127 cm³/mol. The van der Waals surface area contributed by atoms with Crippen molar-refractivity contribution in [1.29, 1.82) is 0 Å². The molecule has 2 rings (SSSR count). The lowest BCUT2D eigenvalue weighted by Gasteiger charge is -2.39. The SMILES string of the molecule is [B]Cc1c([B]O)ccc(C(=O)NN(C(=O)c2cc(C)cc(C)c2)[C@H](CC)C(C)(C)C)c1F. The Hall–Kier alpha value is -2.60. The van der Waals surface area contributed by atoms with Gasteiger partial charge in [0, 0.05) is 5.56 Å². The molecule has 0 heterocycles. The van der Waals surface area contributed by atoms with E-state index in [1.807, 2.05) is 47.6 Å². The van der Waals surface area contributed by atoms with Gasteiger partial charge in [0.2, 0.25) is 0 Å². The average Bonchev–Trinajstić information content (AvgIpc) is 2.70. The number of benzene rings is 2. The minimum atomic E-state index is -0.824. The fraction of sp³-hybridized carbons (Fsp3) is 0.417. The summed E-state index contributed by atoms with van der Waals surface area (Å²) < 4.78 is 15.0. The van der Waals surface area contributed by atoms with E-state index in [1.54, 1.807) is 12.1 Å². The third-order valence-corrected chi connectivity index (χ3v) is 5.47. The van der Waals surface area contributed by atoms with E-state index >= 15 is 0 Å². The van der Waals surface area contributed by atoms with Gasteiger partial charge in [-0.15, -0.1) is 0 Å². The molecule has 3 radical (unpaired) electrons. The van der Waals surface area contributed by atoms with Crippen molar-refractivity contribution in [1.82, 2.24) is 10.4 Å². The molecule has 8 heteroatoms. The molecule has 2 amide bonds. The zero-order valence-electron chi connectivity index (χ0n) is 19.6. The molecule has 0 unspecified atom stereocenters. The van der Waals surface area contributed by atoms with Gasteiger partial charge in [-0.3, -0.25) is 15.0 Å². The van der Waals surface area contributed by atoms with E-state index in [0.29, 0.717) is 12.0 Å². The first-order valence-corrected chi connectivity index (χ1v) is 10.7. The standard InChI is InChI=1S/C24H30B2FN2O3/c1-7-20(24(4,5)6)29(23(31)16-11-14(2)10-15(3)12-16)28-22(30)17-8-9-19(26-32)18(13-25)21(17)27/h8-12,20,32H,7,13H2,1-6H3,(H,28,30)/t20-/m1/s1. The van der Waals surface area contributed by atoms with Crippen molar-refractivity contribution in [3.8, 4) is 0 Å². The van der Waals surface area contributed by atoms with Gasteiger partial charge in [-0.1, -0.05) is 57.3 Å². The van der Waals surface area contributed by atoms with Crippen LogP contribution >= 0.6 is 0 Å². The van der Waals surface area contributed by atoms with Crippen LogP contribution in [0.15, 0.2) is 30.3 Å². The summed E-state index contributed by atoms with van der Waals surface area (Å²) in [6, 6.07) is 7.83. The summed E-state index contributed by atoms with van der Waals surface area (Å²) in [5, 5.41) is 10.6. The van der Waals surface area contributed by atoms with Gasteiger partial charge in [0.25, 0.3) is 11.8 Å². The minimum Gasteiger partial charge on any atom is -0.450 e. The smallest absolute Gasteiger partial charge is 0.327 e. The predicted octanol–water partition coefficient (Wildman–Crippen LogP) is 2.96. The maximum atomic E-state index is 15.0. The Kier molecular flexibility index (Phi) is 8.29. The third kappa shape index (κ3) is 5.60. The number of amides is 2. The molecule has 32 heavy (non-hydrogen) atoms. The second-order valence-corrected chi connectivity index (χ2v) is 9.11. The summed E-state index contributed by atoms with van der Waals surface area (Å²) in [4.78, 5) is 26.6. The van der Waals surface area contributed by atoms with E-state index in [9.17, 15) is 19.0 Å². The number of hydrazine groups is 1. The van der Waals surface area contributed by atoms with E-state index in [0.717, 1.165) is 18.6 Å². The van der Waals surface area contributed by atoms with Crippen molar-refractivity contribution in [3.05, 3.63) is 64.0 Å². The summed E-state index contributed by atoms with van der Waals surface area (Å²) in [6.45, 7) is 11.7. The first-order chi connectivity index (χ1) is 14.9. The molecule has 0 aliphatic heterocycles. The van der Waals surface area contributed by atoms with Crippen LogP contribution in [0.25, 0.3) is 0 Å². The monoisotopic (exact) mass is 435 g/mol. The number of aryl methyl sites for hydroxylation is 2. The molecular weight excluding hydrogens is 405 g/mol. The Morgan fingerprint density at radius 1 is 1.19 bits per heavy atom. The summed E-state index contributed by atoms with van der Waals surface area (Å²) >= 11 is 0. The lowest BCUT2D eigenvalue weighted by Crippen LogP contribution is -2.56. The maximum Gasteiger partial charge on any atom is 0.327 e. The molecular formula is C24H30B2FN2O3. The fourth-order valence-corrected chi connectivity index (χ4v) is 4.00. The molecule has 0 bridgehead atoms. The molecule has 0 aromatic heterocycles. The largest absolute Gasteiger partial charge is 0.450 e. The highest BCUT2D eigenvalue weighted by molar-refractivity contribution is 6.46. The van der Waals surface area contributed by atoms with Gasteiger partial charge < -0.3 is 5.02 Å². The number of halogens is 1. The van der Waals surface area contributed by atoms with Crippen molar-refractivity contribution in [2.45, 2.75) is 60.3 Å². The number of hydrogen-bond donors (Lipinski definition) is 2. The van der Waals surface area contributed by atoms with Crippen molar-refractivity contribution in [2.75, 3.05) is 0 Å². The van der Waals surface area contributed by atoms with Gasteiger partial charge in [-0.25, -0.2) is 9.40 Å². The lowest BCUT2D eigenvalue weighted by atomic mass is 9.78. The number of carbonyl (C=O) groups excluding carboxylic acids is 2. The third-order valence-electron chi connectivity index (χ3n) is 5.47. The van der Waals surface area contributed by atoms with Crippen LogP contribution in [0.1, 0.15) is 71.5 Å². The van der Waals surface area contributed by atoms with Crippen molar-refractivity contribution in [3.63, 3.8) is 0 Å². The van der Waals surface area contributed by atoms with Gasteiger partial charge in [0.15, 0.2) is 0 Å². The molecule has 167 valence electrons. The van der Waals surface area contributed by atoms with Crippen LogP contribution in [-0.4, -0.2) is 43.2 Å². The van der Waals surface area contributed by atoms with Crippen LogP contribution in [0.5, 0.6) is 0 Å². The molecule has 5 nitrogen and oxygen atoms in total. The van der Waals surface area contributed by atoms with Crippen LogP contribution in [0, 0.1) is 25.1 Å². The Bertz CT molecular complexity index is 985. The second-order valence-electron chi connectivity index (χ2n) is 9.11. The van der Waals surface area contributed by atoms with Gasteiger partial charge >= 0.3 is 7.48 Å². The zero-order valence-corrected chi connectivity index (χ0v) is 19.6. The molecule has 2 N–H and O–H groups in total. The Morgan fingerprint density at radius 3 is 2.25 bits per heavy atom. The van der Waals surface area contributed by atoms with Crippen LogP contribution in [-0.2, 0) is 6.32 Å². The summed E-state index contributed by atoms with van der Waals surface area (Å²) in [5.41, 5.74) is 4.57. The minimum absolute atomic E-state index is 0.0233. The highest BCUT2D eigenvalue weighted by Gasteiger charge is 2.35. The maximum absolute atomic E-state index is 15.0. The molecule has 0 spiro atoms. The van der Waals surface area contributed by atoms with E-state index in [-0.39, 0.29) is 40.3 Å². The van der Waals surface area contributed by atoms with Crippen LogP contribution in [0.2, 0.25) is 0 Å². The molecule has 0 saturated carbocycles. The molecule has 0 fully saturated rings. The van der Waals surface area contributed by atoms with E-state index in [4.69, 9.17) is 7.85 Å². The molecule has 2 aromatic carbocycles. The van der Waals surface area contributed by atoms with Gasteiger partial charge in [0.1, 0.15) is 5.82 Å². The summed E-state index contributed by atoms with van der Waals surface area (Å²) in [6.07, 6.45) is 0.388. The number of nitrogens with one attached hydrogen (secondary N) is 1. The summed E-state index contributed by atoms with van der Waals surface area (Å²) in [5.74, 6) is -1.95. The Labute approximate surface area is 192 Å². The highest BCUT2D eigenvalue weighted by Crippen LogP contribution is 2.28. The van der Waals surface area contributed by atoms with Crippen molar-refractivity contribution in [2.24, 2.45) is 5.41 Å². The van der Waals surface area contributed by atoms with Gasteiger partial charge in [-0.2, -0.15) is 0 Å². The normalized spacial score (nSPS) is 12.2. The van der Waals surface area contributed by atoms with Crippen molar-refractivity contribution < 1.29 is 19.0 Å². The quantitative estimate of drug-likeness (QED) is 0.542. The molecule has 1 atom stereocenters. The summed E-state index contributed by atoms with van der Waals surface area (Å²) in [7, 11) is 6.35. The van der Waals surface area contributed by atoms with Gasteiger partial charge in [-0.05, 0) is 54.9 Å². The van der Waals surface area contributed by atoms with Crippen LogP contribution < -0.4 is 10.9 Å². The highest BCUT2D eigenvalue weighted by atomic mass is 19.1. The van der Waals surface area contributed by atoms with E-state index in [2.05, 4.69) is 5.43 Å². The first-order valence-electron chi connectivity index (χ1n) is 10.7. The Morgan fingerprint density at radius 2 is 1.78 bits per heavy atom. The zero-order chi connectivity index (χ0) is 24.2. The molecule has 0 saturated heterocycles. The number of rotatable bonds is 6. The number of carbonyl (C=O) groups is 2. The van der Waals surface area contributed by atoms with Gasteiger partial charge in [0.05, 0.1) is 19.5 Å². The number of nitrogens with zero attached hydrogens (tertiary/aromatic N) is 1.